The van der Waals surface area contributed by atoms with E-state index in [0.29, 0.717) is 0 Å². The number of halogens is 3. The Labute approximate surface area is 103 Å². The fourth-order valence-electron chi connectivity index (χ4n) is 1.03. The van der Waals surface area contributed by atoms with Gasteiger partial charge in [0.2, 0.25) is 0 Å². The smallest absolute Gasteiger partial charge is 0.119 e. The maximum atomic E-state index is 5.19. The van der Waals surface area contributed by atoms with E-state index >= 15 is 0 Å². The first kappa shape index (κ1) is 11.5. The lowest BCUT2D eigenvalue weighted by Crippen LogP contribution is -1.91. The Morgan fingerprint density at radius 1 is 1.15 bits per heavy atom. The second-order valence-electron chi connectivity index (χ2n) is 2.53. The highest BCUT2D eigenvalue weighted by Crippen LogP contribution is 2.30. The third kappa shape index (κ3) is 2.70. The third-order valence-electron chi connectivity index (χ3n) is 1.72. The zero-order valence-electron chi connectivity index (χ0n) is 7.11. The van der Waals surface area contributed by atoms with Gasteiger partial charge in [0.25, 0.3) is 0 Å². The molecule has 0 amide bonds. The lowest BCUT2D eigenvalue weighted by atomic mass is 10.1. The van der Waals surface area contributed by atoms with Gasteiger partial charge in [0.1, 0.15) is 5.75 Å². The molecular formula is C9H9Br3O. The average molecular weight is 373 g/mol. The Hall–Kier alpha value is 0.460. The van der Waals surface area contributed by atoms with Crippen LogP contribution in [0.3, 0.4) is 0 Å². The fourth-order valence-corrected chi connectivity index (χ4v) is 3.18. The molecule has 0 heterocycles. The van der Waals surface area contributed by atoms with E-state index in [9.17, 15) is 0 Å². The minimum Gasteiger partial charge on any atom is -0.497 e. The molecule has 13 heavy (non-hydrogen) atoms. The van der Waals surface area contributed by atoms with E-state index in [1.165, 1.54) is 11.1 Å². The summed E-state index contributed by atoms with van der Waals surface area (Å²) in [6.07, 6.45) is 0. The van der Waals surface area contributed by atoms with Crippen LogP contribution in [0.4, 0.5) is 0 Å². The summed E-state index contributed by atoms with van der Waals surface area (Å²) in [5, 5.41) is 1.65. The number of ether oxygens (including phenoxy) is 1. The van der Waals surface area contributed by atoms with E-state index in [1.54, 1.807) is 7.11 Å². The van der Waals surface area contributed by atoms with Crippen molar-refractivity contribution in [3.63, 3.8) is 0 Å². The number of hydrogen-bond donors (Lipinski definition) is 0. The van der Waals surface area contributed by atoms with Crippen LogP contribution in [0.1, 0.15) is 11.1 Å². The monoisotopic (exact) mass is 370 g/mol. The van der Waals surface area contributed by atoms with Crippen molar-refractivity contribution >= 4 is 47.8 Å². The summed E-state index contributed by atoms with van der Waals surface area (Å²) in [5.74, 6) is 0.895. The van der Waals surface area contributed by atoms with Gasteiger partial charge in [0, 0.05) is 15.1 Å². The molecular weight excluding hydrogens is 364 g/mol. The van der Waals surface area contributed by atoms with Crippen molar-refractivity contribution in [3.05, 3.63) is 27.7 Å². The molecule has 1 aromatic rings. The van der Waals surface area contributed by atoms with Gasteiger partial charge in [-0.25, -0.2) is 0 Å². The molecule has 0 aromatic heterocycles. The highest BCUT2D eigenvalue weighted by atomic mass is 79.9. The van der Waals surface area contributed by atoms with Crippen LogP contribution in [-0.4, -0.2) is 7.11 Å². The van der Waals surface area contributed by atoms with Crippen molar-refractivity contribution in [1.82, 2.24) is 0 Å². The van der Waals surface area contributed by atoms with Gasteiger partial charge in [-0.15, -0.1) is 0 Å². The largest absolute Gasteiger partial charge is 0.497 e. The number of methoxy groups -OCH3 is 1. The molecule has 0 fully saturated rings. The Morgan fingerprint density at radius 3 is 1.92 bits per heavy atom. The molecule has 0 spiro atoms. The lowest BCUT2D eigenvalue weighted by Gasteiger charge is -2.09. The third-order valence-corrected chi connectivity index (χ3v) is 3.95. The first-order valence-electron chi connectivity index (χ1n) is 3.70. The maximum absolute atomic E-state index is 5.19. The Morgan fingerprint density at radius 2 is 1.62 bits per heavy atom. The van der Waals surface area contributed by atoms with Crippen molar-refractivity contribution < 1.29 is 4.74 Å². The zero-order chi connectivity index (χ0) is 9.84. The summed E-state index contributed by atoms with van der Waals surface area (Å²) in [4.78, 5) is 0. The predicted octanol–water partition coefficient (Wildman–Crippen LogP) is 4.25. The van der Waals surface area contributed by atoms with Crippen molar-refractivity contribution in [2.75, 3.05) is 7.11 Å². The van der Waals surface area contributed by atoms with Gasteiger partial charge in [-0.05, 0) is 23.3 Å². The molecule has 4 heteroatoms. The Balaban J connectivity index is 3.20. The molecule has 72 valence electrons. The van der Waals surface area contributed by atoms with Crippen LogP contribution in [-0.2, 0) is 10.7 Å². The van der Waals surface area contributed by atoms with E-state index in [4.69, 9.17) is 4.74 Å². The quantitative estimate of drug-likeness (QED) is 0.721. The van der Waals surface area contributed by atoms with E-state index in [0.717, 1.165) is 20.9 Å². The van der Waals surface area contributed by atoms with Gasteiger partial charge in [-0.1, -0.05) is 47.8 Å². The molecule has 0 N–H and O–H groups in total. The number of benzene rings is 1. The van der Waals surface area contributed by atoms with Crippen molar-refractivity contribution in [1.29, 1.82) is 0 Å². The minimum absolute atomic E-state index is 0.824. The molecule has 0 aliphatic heterocycles. The normalized spacial score (nSPS) is 10.2. The van der Waals surface area contributed by atoms with E-state index in [1.807, 2.05) is 12.1 Å². The first-order valence-corrected chi connectivity index (χ1v) is 6.73. The van der Waals surface area contributed by atoms with E-state index in [-0.39, 0.29) is 0 Å². The Kier molecular flexibility index (Phi) is 4.76. The first-order chi connectivity index (χ1) is 6.22. The summed E-state index contributed by atoms with van der Waals surface area (Å²) in [6.45, 7) is 0. The van der Waals surface area contributed by atoms with Crippen molar-refractivity contribution in [3.8, 4) is 5.75 Å². The van der Waals surface area contributed by atoms with Gasteiger partial charge in [0.05, 0.1) is 7.11 Å². The average Bonchev–Trinajstić information content (AvgIpc) is 2.18. The van der Waals surface area contributed by atoms with Crippen molar-refractivity contribution in [2.24, 2.45) is 0 Å². The predicted molar refractivity (Wildman–Crippen MR) is 66.0 cm³/mol. The van der Waals surface area contributed by atoms with Gasteiger partial charge < -0.3 is 4.74 Å². The number of hydrogen-bond acceptors (Lipinski definition) is 1. The molecule has 0 aliphatic carbocycles. The van der Waals surface area contributed by atoms with Crippen LogP contribution in [0.2, 0.25) is 0 Å². The molecule has 0 bridgehead atoms. The van der Waals surface area contributed by atoms with E-state index in [2.05, 4.69) is 47.8 Å². The van der Waals surface area contributed by atoms with Crippen LogP contribution in [0.5, 0.6) is 5.75 Å². The highest BCUT2D eigenvalue weighted by molar-refractivity contribution is 9.11. The summed E-state index contributed by atoms with van der Waals surface area (Å²) < 4.78 is 6.33. The second-order valence-corrected chi connectivity index (χ2v) is 4.44. The molecule has 0 saturated heterocycles. The highest BCUT2D eigenvalue weighted by Gasteiger charge is 2.06. The fraction of sp³-hybridized carbons (Fsp3) is 0.333. The van der Waals surface area contributed by atoms with Crippen LogP contribution in [0.15, 0.2) is 16.6 Å². The standard InChI is InChI=1S/C9H9Br3O/c1-13-8-2-6(4-10)9(12)7(3-8)5-11/h2-3H,4-5H2,1H3. The number of alkyl halides is 2. The molecule has 1 rings (SSSR count). The van der Waals surface area contributed by atoms with Crippen molar-refractivity contribution in [2.45, 2.75) is 10.7 Å². The van der Waals surface area contributed by atoms with Gasteiger partial charge in [-0.3, -0.25) is 0 Å². The van der Waals surface area contributed by atoms with Gasteiger partial charge in [-0.2, -0.15) is 0 Å². The van der Waals surface area contributed by atoms with Crippen LogP contribution in [0, 0.1) is 0 Å². The molecule has 1 nitrogen and oxygen atoms in total. The molecule has 0 aliphatic rings. The minimum atomic E-state index is 0.824. The molecule has 0 saturated carbocycles. The maximum Gasteiger partial charge on any atom is 0.119 e. The van der Waals surface area contributed by atoms with Crippen LogP contribution in [0.25, 0.3) is 0 Å². The molecule has 0 atom stereocenters. The molecule has 0 unspecified atom stereocenters. The lowest BCUT2D eigenvalue weighted by molar-refractivity contribution is 0.414. The molecule has 1 aromatic carbocycles. The zero-order valence-corrected chi connectivity index (χ0v) is 11.9. The Bertz CT molecular complexity index is 274. The van der Waals surface area contributed by atoms with Crippen LogP contribution < -0.4 is 4.74 Å². The van der Waals surface area contributed by atoms with E-state index < -0.39 is 0 Å². The topological polar surface area (TPSA) is 9.23 Å². The SMILES string of the molecule is COc1cc(CBr)c(Br)c(CBr)c1. The summed E-state index contributed by atoms with van der Waals surface area (Å²) in [6, 6.07) is 4.04. The summed E-state index contributed by atoms with van der Waals surface area (Å²) in [5.41, 5.74) is 2.41. The summed E-state index contributed by atoms with van der Waals surface area (Å²) in [7, 11) is 1.68. The van der Waals surface area contributed by atoms with Crippen LogP contribution >= 0.6 is 47.8 Å². The van der Waals surface area contributed by atoms with Gasteiger partial charge >= 0.3 is 0 Å². The summed E-state index contributed by atoms with van der Waals surface area (Å²) >= 11 is 10.4. The molecule has 0 radical (unpaired) electrons. The second kappa shape index (κ2) is 5.37. The van der Waals surface area contributed by atoms with Gasteiger partial charge in [0.15, 0.2) is 0 Å². The number of rotatable bonds is 3.